The van der Waals surface area contributed by atoms with Crippen molar-refractivity contribution in [1.82, 2.24) is 9.80 Å². The Morgan fingerprint density at radius 2 is 1.82 bits per heavy atom. The highest BCUT2D eigenvalue weighted by molar-refractivity contribution is 6.46. The van der Waals surface area contributed by atoms with Crippen molar-refractivity contribution >= 4 is 29.1 Å². The van der Waals surface area contributed by atoms with Gasteiger partial charge in [-0.05, 0) is 54.8 Å². The van der Waals surface area contributed by atoms with Gasteiger partial charge in [-0.1, -0.05) is 23.7 Å². The van der Waals surface area contributed by atoms with Crippen molar-refractivity contribution in [2.45, 2.75) is 19.4 Å². The maximum Gasteiger partial charge on any atom is 0.295 e. The van der Waals surface area contributed by atoms with Crippen molar-refractivity contribution in [3.05, 3.63) is 69.8 Å². The monoisotopic (exact) mass is 484 g/mol. The summed E-state index contributed by atoms with van der Waals surface area (Å²) in [4.78, 5) is 30.2. The van der Waals surface area contributed by atoms with Gasteiger partial charge in [-0.25, -0.2) is 0 Å². The van der Waals surface area contributed by atoms with Crippen molar-refractivity contribution in [1.29, 1.82) is 0 Å². The van der Waals surface area contributed by atoms with Crippen molar-refractivity contribution in [3.63, 3.8) is 0 Å². The van der Waals surface area contributed by atoms with E-state index in [1.165, 1.54) is 0 Å². The number of aliphatic hydroxyl groups is 1. The number of ketones is 1. The molecule has 1 N–H and O–H groups in total. The second-order valence-electron chi connectivity index (χ2n) is 8.53. The minimum Gasteiger partial charge on any atom is -0.507 e. The molecule has 4 rings (SSSR count). The number of morpholine rings is 1. The predicted molar refractivity (Wildman–Crippen MR) is 130 cm³/mol. The lowest BCUT2D eigenvalue weighted by molar-refractivity contribution is -0.140. The van der Waals surface area contributed by atoms with E-state index in [4.69, 9.17) is 21.1 Å². The van der Waals surface area contributed by atoms with Gasteiger partial charge in [0, 0.05) is 36.8 Å². The van der Waals surface area contributed by atoms with E-state index in [0.29, 0.717) is 42.5 Å². The van der Waals surface area contributed by atoms with Crippen molar-refractivity contribution in [3.8, 4) is 5.75 Å². The van der Waals surface area contributed by atoms with Crippen LogP contribution in [0.2, 0.25) is 5.02 Å². The summed E-state index contributed by atoms with van der Waals surface area (Å²) in [6.45, 7) is 6.15. The van der Waals surface area contributed by atoms with Gasteiger partial charge in [0.25, 0.3) is 11.7 Å². The second-order valence-corrected chi connectivity index (χ2v) is 8.97. The third-order valence-electron chi connectivity index (χ3n) is 6.39. The van der Waals surface area contributed by atoms with E-state index in [2.05, 4.69) is 4.90 Å². The molecule has 0 bridgehead atoms. The number of halogens is 1. The van der Waals surface area contributed by atoms with Gasteiger partial charge in [-0.15, -0.1) is 0 Å². The molecule has 7 nitrogen and oxygen atoms in total. The van der Waals surface area contributed by atoms with E-state index in [-0.39, 0.29) is 11.3 Å². The smallest absolute Gasteiger partial charge is 0.295 e. The van der Waals surface area contributed by atoms with Gasteiger partial charge in [0.1, 0.15) is 11.5 Å². The lowest BCUT2D eigenvalue weighted by Crippen LogP contribution is -2.38. The number of hydrogen-bond donors (Lipinski definition) is 1. The second kappa shape index (κ2) is 10.6. The average Bonchev–Trinajstić information content (AvgIpc) is 3.09. The number of amides is 1. The van der Waals surface area contributed by atoms with Gasteiger partial charge in [-0.3, -0.25) is 14.5 Å². The molecule has 1 unspecified atom stereocenters. The van der Waals surface area contributed by atoms with E-state index in [1.807, 2.05) is 6.92 Å². The van der Waals surface area contributed by atoms with Crippen LogP contribution in [0.4, 0.5) is 0 Å². The Balaban J connectivity index is 1.69. The number of aliphatic hydroxyl groups excluding tert-OH is 1. The summed E-state index contributed by atoms with van der Waals surface area (Å²) in [6, 6.07) is 11.6. The molecule has 0 aromatic heterocycles. The molecule has 2 heterocycles. The normalized spacial score (nSPS) is 20.7. The summed E-state index contributed by atoms with van der Waals surface area (Å²) in [5.41, 5.74) is 2.05. The number of aryl methyl sites for hydroxylation is 1. The van der Waals surface area contributed by atoms with Crippen molar-refractivity contribution in [2.75, 3.05) is 46.5 Å². The number of Topliss-reactive ketones (excluding diaryl/α,β-unsaturated/α-hetero) is 1. The third-order valence-corrected chi connectivity index (χ3v) is 6.64. The lowest BCUT2D eigenvalue weighted by Gasteiger charge is -2.29. The van der Waals surface area contributed by atoms with E-state index in [9.17, 15) is 14.7 Å². The fourth-order valence-electron chi connectivity index (χ4n) is 4.57. The Morgan fingerprint density at radius 3 is 2.47 bits per heavy atom. The third kappa shape index (κ3) is 4.97. The van der Waals surface area contributed by atoms with E-state index in [0.717, 1.165) is 30.8 Å². The summed E-state index contributed by atoms with van der Waals surface area (Å²) >= 11 is 6.09. The fourth-order valence-corrected chi connectivity index (χ4v) is 4.69. The molecule has 2 aliphatic heterocycles. The standard InChI is InChI=1S/C26H29ClN2O5/c1-17-16-20(33-2)8-9-21(17)24(30)22-23(18-4-6-19(27)7-5-18)29(26(32)25(22)31)11-3-10-28-12-14-34-15-13-28/h4-9,16,23,30H,3,10-15H2,1-2H3/b24-22+. The van der Waals surface area contributed by atoms with Crippen LogP contribution in [-0.4, -0.2) is 73.1 Å². The van der Waals surface area contributed by atoms with Crippen molar-refractivity contribution < 1.29 is 24.2 Å². The predicted octanol–water partition coefficient (Wildman–Crippen LogP) is 3.80. The molecule has 0 radical (unpaired) electrons. The van der Waals surface area contributed by atoms with Crippen LogP contribution in [0.3, 0.4) is 0 Å². The molecule has 180 valence electrons. The molecule has 1 atom stereocenters. The Morgan fingerprint density at radius 1 is 1.12 bits per heavy atom. The summed E-state index contributed by atoms with van der Waals surface area (Å²) < 4.78 is 10.7. The number of methoxy groups -OCH3 is 1. The lowest BCUT2D eigenvalue weighted by atomic mass is 9.94. The molecule has 8 heteroatoms. The van der Waals surface area contributed by atoms with Gasteiger partial charge in [0.2, 0.25) is 0 Å². The molecule has 2 saturated heterocycles. The van der Waals surface area contributed by atoms with Gasteiger partial charge in [-0.2, -0.15) is 0 Å². The number of rotatable bonds is 7. The van der Waals surface area contributed by atoms with E-state index in [1.54, 1.807) is 54.5 Å². The van der Waals surface area contributed by atoms with E-state index < -0.39 is 17.7 Å². The first-order chi connectivity index (χ1) is 16.4. The van der Waals surface area contributed by atoms with Gasteiger partial charge in [0.05, 0.1) is 31.9 Å². The number of benzene rings is 2. The van der Waals surface area contributed by atoms with Crippen LogP contribution in [0.5, 0.6) is 5.75 Å². The van der Waals surface area contributed by atoms with Crippen molar-refractivity contribution in [2.24, 2.45) is 0 Å². The van der Waals surface area contributed by atoms with Crippen LogP contribution in [0.25, 0.3) is 5.76 Å². The average molecular weight is 485 g/mol. The quantitative estimate of drug-likeness (QED) is 0.366. The Labute approximate surface area is 204 Å². The van der Waals surface area contributed by atoms with Crippen LogP contribution in [0.1, 0.15) is 29.2 Å². The van der Waals surface area contributed by atoms with Crippen LogP contribution < -0.4 is 4.74 Å². The van der Waals surface area contributed by atoms with Crippen LogP contribution in [0.15, 0.2) is 48.0 Å². The highest BCUT2D eigenvalue weighted by Gasteiger charge is 2.46. The Kier molecular flexibility index (Phi) is 7.56. The highest BCUT2D eigenvalue weighted by Crippen LogP contribution is 2.40. The first kappa shape index (κ1) is 24.3. The summed E-state index contributed by atoms with van der Waals surface area (Å²) in [5, 5.41) is 11.8. The van der Waals surface area contributed by atoms with Crippen LogP contribution >= 0.6 is 11.6 Å². The first-order valence-electron chi connectivity index (χ1n) is 11.4. The maximum absolute atomic E-state index is 13.2. The summed E-state index contributed by atoms with van der Waals surface area (Å²) in [5.74, 6) is -0.824. The topological polar surface area (TPSA) is 79.3 Å². The first-order valence-corrected chi connectivity index (χ1v) is 11.8. The van der Waals surface area contributed by atoms with E-state index >= 15 is 0 Å². The number of hydrogen-bond acceptors (Lipinski definition) is 6. The summed E-state index contributed by atoms with van der Waals surface area (Å²) in [6.07, 6.45) is 0.707. The fraction of sp³-hybridized carbons (Fsp3) is 0.385. The van der Waals surface area contributed by atoms with Gasteiger partial charge < -0.3 is 19.5 Å². The molecular formula is C26H29ClN2O5. The molecule has 2 aliphatic rings. The minimum atomic E-state index is -0.691. The number of ether oxygens (including phenoxy) is 2. The van der Waals surface area contributed by atoms with Gasteiger partial charge >= 0.3 is 0 Å². The molecule has 0 saturated carbocycles. The maximum atomic E-state index is 13.2. The number of nitrogens with zero attached hydrogens (tertiary/aromatic N) is 2. The SMILES string of the molecule is COc1ccc(/C(O)=C2\C(=O)C(=O)N(CCCN3CCOCC3)C2c2ccc(Cl)cc2)c(C)c1. The number of carbonyl (C=O) groups excluding carboxylic acids is 2. The van der Waals surface area contributed by atoms with Gasteiger partial charge in [0.15, 0.2) is 0 Å². The summed E-state index contributed by atoms with van der Waals surface area (Å²) in [7, 11) is 1.57. The molecular weight excluding hydrogens is 456 g/mol. The highest BCUT2D eigenvalue weighted by atomic mass is 35.5. The Bertz CT molecular complexity index is 1090. The molecule has 2 aromatic rings. The Hall–Kier alpha value is -2.87. The molecule has 0 aliphatic carbocycles. The molecule has 34 heavy (non-hydrogen) atoms. The largest absolute Gasteiger partial charge is 0.507 e. The van der Waals surface area contributed by atoms with Crippen LogP contribution in [0, 0.1) is 6.92 Å². The zero-order chi connectivity index (χ0) is 24.2. The number of likely N-dealkylation sites (tertiary alicyclic amines) is 1. The molecule has 2 fully saturated rings. The molecule has 0 spiro atoms. The molecule has 1 amide bonds. The number of carbonyl (C=O) groups is 2. The zero-order valence-electron chi connectivity index (χ0n) is 19.4. The van der Waals surface area contributed by atoms with Crippen LogP contribution in [-0.2, 0) is 14.3 Å². The zero-order valence-corrected chi connectivity index (χ0v) is 20.2. The molecule has 2 aromatic carbocycles. The minimum absolute atomic E-state index is 0.0898.